The van der Waals surface area contributed by atoms with Crippen LogP contribution in [0.5, 0.6) is 0 Å². The molecule has 7 rings (SSSR count). The Bertz CT molecular complexity index is 1660. The van der Waals surface area contributed by atoms with Crippen molar-refractivity contribution in [3.63, 3.8) is 0 Å². The quantitative estimate of drug-likeness (QED) is 0.272. The topological polar surface area (TPSA) is 17.8 Å². The van der Waals surface area contributed by atoms with Gasteiger partial charge in [0.25, 0.3) is 0 Å². The first-order valence-corrected chi connectivity index (χ1v) is 11.2. The Kier molecular flexibility index (Phi) is 3.06. The predicted octanol–water partition coefficient (Wildman–Crippen LogP) is 7.76. The third kappa shape index (κ3) is 2.07. The second kappa shape index (κ2) is 5.66. The summed E-state index contributed by atoms with van der Waals surface area (Å²) in [6.45, 7) is 0. The number of hydrogen-bond donors (Lipinski definition) is 0. The van der Waals surface area contributed by atoms with Crippen LogP contribution < -0.4 is 0 Å². The fourth-order valence-electron chi connectivity index (χ4n) is 4.41. The van der Waals surface area contributed by atoms with Gasteiger partial charge in [-0.05, 0) is 30.3 Å². The van der Waals surface area contributed by atoms with Crippen molar-refractivity contribution in [1.82, 2.24) is 9.55 Å². The van der Waals surface area contributed by atoms with E-state index in [0.717, 1.165) is 10.6 Å². The molecular formula is C25H14N2S2. The molecule has 0 aliphatic heterocycles. The van der Waals surface area contributed by atoms with Crippen LogP contribution in [0.1, 0.15) is 0 Å². The molecule has 0 amide bonds. The molecule has 0 saturated carbocycles. The lowest BCUT2D eigenvalue weighted by Gasteiger charge is -2.02. The van der Waals surface area contributed by atoms with Crippen LogP contribution in [0.2, 0.25) is 0 Å². The van der Waals surface area contributed by atoms with E-state index in [1.54, 1.807) is 11.3 Å². The Morgan fingerprint density at radius 2 is 1.24 bits per heavy atom. The van der Waals surface area contributed by atoms with Crippen LogP contribution in [0.3, 0.4) is 0 Å². The lowest BCUT2D eigenvalue weighted by atomic mass is 10.1. The summed E-state index contributed by atoms with van der Waals surface area (Å²) in [6, 6.07) is 30.3. The second-order valence-electron chi connectivity index (χ2n) is 7.25. The molecule has 0 unspecified atom stereocenters. The van der Waals surface area contributed by atoms with Crippen LogP contribution in [0.25, 0.3) is 57.3 Å². The Hall–Kier alpha value is -3.21. The van der Waals surface area contributed by atoms with Crippen LogP contribution >= 0.6 is 22.7 Å². The van der Waals surface area contributed by atoms with Crippen molar-refractivity contribution in [1.29, 1.82) is 0 Å². The Balaban J connectivity index is 1.63. The summed E-state index contributed by atoms with van der Waals surface area (Å²) in [5, 5.41) is 6.24. The van der Waals surface area contributed by atoms with Crippen LogP contribution in [-0.4, -0.2) is 9.55 Å². The summed E-state index contributed by atoms with van der Waals surface area (Å²) in [5.74, 6) is 0. The van der Waals surface area contributed by atoms with E-state index >= 15 is 0 Å². The van der Waals surface area contributed by atoms with Gasteiger partial charge < -0.3 is 0 Å². The number of rotatable bonds is 1. The molecule has 29 heavy (non-hydrogen) atoms. The van der Waals surface area contributed by atoms with E-state index in [1.165, 1.54) is 46.7 Å². The maximum Gasteiger partial charge on any atom is 0.195 e. The highest BCUT2D eigenvalue weighted by atomic mass is 32.1. The zero-order valence-corrected chi connectivity index (χ0v) is 16.9. The highest BCUT2D eigenvalue weighted by Gasteiger charge is 2.17. The van der Waals surface area contributed by atoms with Gasteiger partial charge in [-0.3, -0.25) is 4.57 Å². The van der Waals surface area contributed by atoms with Crippen LogP contribution in [0.4, 0.5) is 0 Å². The lowest BCUT2D eigenvalue weighted by Crippen LogP contribution is -1.91. The third-order valence-electron chi connectivity index (χ3n) is 5.66. The molecule has 0 N–H and O–H groups in total. The van der Waals surface area contributed by atoms with E-state index in [-0.39, 0.29) is 0 Å². The summed E-state index contributed by atoms with van der Waals surface area (Å²) >= 11 is 3.65. The van der Waals surface area contributed by atoms with Gasteiger partial charge in [0.1, 0.15) is 0 Å². The van der Waals surface area contributed by atoms with Crippen molar-refractivity contribution in [3.8, 4) is 5.13 Å². The van der Waals surface area contributed by atoms with Gasteiger partial charge in [0.05, 0.1) is 21.3 Å². The first-order chi connectivity index (χ1) is 14.4. The number of fused-ring (bicyclic) bond motifs is 8. The minimum absolute atomic E-state index is 1.03. The van der Waals surface area contributed by atoms with E-state index in [9.17, 15) is 0 Å². The number of benzene rings is 4. The van der Waals surface area contributed by atoms with Crippen molar-refractivity contribution in [2.24, 2.45) is 0 Å². The summed E-state index contributed by atoms with van der Waals surface area (Å²) in [5.41, 5.74) is 3.49. The number of thiophene rings is 1. The first-order valence-electron chi connectivity index (χ1n) is 9.58. The number of nitrogens with zero attached hydrogens (tertiary/aromatic N) is 2. The van der Waals surface area contributed by atoms with Crippen molar-refractivity contribution in [2.75, 3.05) is 0 Å². The molecule has 0 spiro atoms. The molecular weight excluding hydrogens is 392 g/mol. The van der Waals surface area contributed by atoms with E-state index in [4.69, 9.17) is 4.98 Å². The molecule has 0 atom stereocenters. The van der Waals surface area contributed by atoms with Crippen molar-refractivity contribution in [2.45, 2.75) is 0 Å². The number of hydrogen-bond acceptors (Lipinski definition) is 3. The van der Waals surface area contributed by atoms with E-state index in [2.05, 4.69) is 89.5 Å². The summed E-state index contributed by atoms with van der Waals surface area (Å²) in [6.07, 6.45) is 0. The molecule has 3 aromatic heterocycles. The van der Waals surface area contributed by atoms with E-state index in [0.29, 0.717) is 0 Å². The first kappa shape index (κ1) is 15.7. The summed E-state index contributed by atoms with van der Waals surface area (Å²) < 4.78 is 6.25. The third-order valence-corrected chi connectivity index (χ3v) is 7.87. The highest BCUT2D eigenvalue weighted by Crippen LogP contribution is 2.42. The Morgan fingerprint density at radius 3 is 2.00 bits per heavy atom. The second-order valence-corrected chi connectivity index (χ2v) is 9.31. The van der Waals surface area contributed by atoms with Crippen LogP contribution in [0.15, 0.2) is 84.9 Å². The molecule has 3 heterocycles. The molecule has 0 aliphatic carbocycles. The number of aromatic nitrogens is 2. The minimum Gasteiger partial charge on any atom is -0.285 e. The molecule has 0 aliphatic rings. The zero-order valence-electron chi connectivity index (χ0n) is 15.3. The molecule has 0 bridgehead atoms. The zero-order chi connectivity index (χ0) is 18.9. The minimum atomic E-state index is 1.03. The van der Waals surface area contributed by atoms with Gasteiger partial charge in [-0.2, -0.15) is 0 Å². The van der Waals surface area contributed by atoms with E-state index in [1.807, 2.05) is 11.3 Å². The summed E-state index contributed by atoms with van der Waals surface area (Å²) in [7, 11) is 0. The largest absolute Gasteiger partial charge is 0.285 e. The van der Waals surface area contributed by atoms with Gasteiger partial charge in [0, 0.05) is 30.9 Å². The van der Waals surface area contributed by atoms with Crippen molar-refractivity contribution < 1.29 is 0 Å². The highest BCUT2D eigenvalue weighted by molar-refractivity contribution is 7.27. The lowest BCUT2D eigenvalue weighted by molar-refractivity contribution is 1.15. The van der Waals surface area contributed by atoms with E-state index < -0.39 is 0 Å². The SMILES string of the molecule is c1ccc2c(c1)sc1ccc3nc(-n4c5ccccc5c5ccccc54)sc3c12. The Labute approximate surface area is 174 Å². The molecule has 2 nitrogen and oxygen atoms in total. The number of para-hydroxylation sites is 2. The molecule has 136 valence electrons. The number of thiazole rings is 1. The molecule has 0 fully saturated rings. The molecule has 7 aromatic rings. The van der Waals surface area contributed by atoms with Gasteiger partial charge in [-0.25, -0.2) is 4.98 Å². The maximum absolute atomic E-state index is 5.08. The normalized spacial score (nSPS) is 12.1. The fraction of sp³-hybridized carbons (Fsp3) is 0. The van der Waals surface area contributed by atoms with Gasteiger partial charge in [0.2, 0.25) is 0 Å². The monoisotopic (exact) mass is 406 g/mol. The average molecular weight is 407 g/mol. The Morgan fingerprint density at radius 1 is 0.586 bits per heavy atom. The molecule has 4 heteroatoms. The predicted molar refractivity (Wildman–Crippen MR) is 127 cm³/mol. The van der Waals surface area contributed by atoms with Gasteiger partial charge in [0.15, 0.2) is 5.13 Å². The van der Waals surface area contributed by atoms with Crippen LogP contribution in [-0.2, 0) is 0 Å². The maximum atomic E-state index is 5.08. The average Bonchev–Trinajstić information content (AvgIpc) is 3.44. The molecule has 0 saturated heterocycles. The summed E-state index contributed by atoms with van der Waals surface area (Å²) in [4.78, 5) is 5.08. The van der Waals surface area contributed by atoms with Crippen molar-refractivity contribution in [3.05, 3.63) is 84.9 Å². The van der Waals surface area contributed by atoms with Gasteiger partial charge >= 0.3 is 0 Å². The molecule has 4 aromatic carbocycles. The smallest absolute Gasteiger partial charge is 0.195 e. The standard InChI is InChI=1S/C25H14N2S2/c1-4-10-19-15(7-1)16-8-2-5-11-20(16)27(19)25-26-18-13-14-22-23(24(18)29-25)17-9-3-6-12-21(17)28-22/h1-14H. The van der Waals surface area contributed by atoms with Crippen molar-refractivity contribution >= 4 is 74.9 Å². The van der Waals surface area contributed by atoms with Gasteiger partial charge in [-0.1, -0.05) is 65.9 Å². The van der Waals surface area contributed by atoms with Gasteiger partial charge in [-0.15, -0.1) is 11.3 Å². The molecule has 0 radical (unpaired) electrons. The fourth-order valence-corrected chi connectivity index (χ4v) is 6.74. The van der Waals surface area contributed by atoms with Crippen LogP contribution in [0, 0.1) is 0 Å².